The number of allylic oxidation sites excluding steroid dienone is 8. The molecule has 13 heteroatoms. The van der Waals surface area contributed by atoms with Crippen molar-refractivity contribution in [3.8, 4) is 0 Å². The van der Waals surface area contributed by atoms with Gasteiger partial charge in [0.05, 0.1) is 12.2 Å². The summed E-state index contributed by atoms with van der Waals surface area (Å²) in [5.74, 6) is -8.05. The number of ketones is 2. The van der Waals surface area contributed by atoms with Crippen LogP contribution in [0.15, 0.2) is 47.6 Å². The Bertz CT molecular complexity index is 1930. The van der Waals surface area contributed by atoms with Crippen LogP contribution in [0.3, 0.4) is 0 Å². The first-order valence-corrected chi connectivity index (χ1v) is 19.9. The van der Waals surface area contributed by atoms with Gasteiger partial charge in [0.25, 0.3) is 0 Å². The van der Waals surface area contributed by atoms with E-state index in [2.05, 4.69) is 12.6 Å². The summed E-state index contributed by atoms with van der Waals surface area (Å²) in [4.78, 5) is 53.5. The molecule has 0 amide bonds. The zero-order valence-corrected chi connectivity index (χ0v) is 32.7. The third kappa shape index (κ3) is 4.22. The SMILES string of the molecule is C[C@@H]1C[C@H]2[C@@H]3C[C@H](F)C4=CC(=O)C=C[C@]4(C)[C@@]3(F)[C@H](O)C[C@]2(C)[C@@]1(OC(=O)[C@@]1(O)[C@@H](C)C[C@H]2[C@@H]3C[C@H](F)C4=CC(=O)C=C[C@]4(C)[C@@]3(F)C(O)C[C@@]21C)C(=O)S. The predicted molar refractivity (Wildman–Crippen MR) is 194 cm³/mol. The van der Waals surface area contributed by atoms with Gasteiger partial charge in [0, 0.05) is 39.4 Å². The van der Waals surface area contributed by atoms with Crippen molar-refractivity contribution in [2.45, 2.75) is 127 Å². The first-order chi connectivity index (χ1) is 25.4. The molecule has 0 saturated heterocycles. The van der Waals surface area contributed by atoms with Gasteiger partial charge in [-0.1, -0.05) is 39.8 Å². The van der Waals surface area contributed by atoms with Gasteiger partial charge in [-0.2, -0.15) is 0 Å². The quantitative estimate of drug-likeness (QED) is 0.165. The van der Waals surface area contributed by atoms with Crippen molar-refractivity contribution < 1.29 is 56.8 Å². The highest BCUT2D eigenvalue weighted by Crippen LogP contribution is 2.74. The second-order valence-corrected chi connectivity index (χ2v) is 19.6. The van der Waals surface area contributed by atoms with Gasteiger partial charge in [-0.15, -0.1) is 12.6 Å². The zero-order valence-electron chi connectivity index (χ0n) is 31.8. The van der Waals surface area contributed by atoms with Gasteiger partial charge in [0.1, 0.15) is 12.3 Å². The van der Waals surface area contributed by atoms with Gasteiger partial charge in [-0.3, -0.25) is 14.4 Å². The number of ether oxygens (including phenoxy) is 1. The molecule has 8 aliphatic carbocycles. The molecule has 1 unspecified atom stereocenters. The maximum atomic E-state index is 17.9. The van der Waals surface area contributed by atoms with Crippen LogP contribution >= 0.6 is 12.6 Å². The Kier molecular flexibility index (Phi) is 8.22. The summed E-state index contributed by atoms with van der Waals surface area (Å²) in [6, 6.07) is 0. The first kappa shape index (κ1) is 39.2. The van der Waals surface area contributed by atoms with Crippen molar-refractivity contribution >= 4 is 35.3 Å². The van der Waals surface area contributed by atoms with E-state index in [4.69, 9.17) is 4.74 Å². The second kappa shape index (κ2) is 11.5. The summed E-state index contributed by atoms with van der Waals surface area (Å²) in [6.07, 6.45) is -1.51. The fourth-order valence-electron chi connectivity index (χ4n) is 14.4. The van der Waals surface area contributed by atoms with Crippen molar-refractivity contribution in [3.05, 3.63) is 47.6 Å². The number of carbonyl (C=O) groups excluding carboxylic acids is 4. The summed E-state index contributed by atoms with van der Waals surface area (Å²) >= 11 is 4.26. The average molecular weight is 791 g/mol. The molecule has 0 spiro atoms. The van der Waals surface area contributed by atoms with E-state index in [1.54, 1.807) is 27.7 Å². The van der Waals surface area contributed by atoms with Crippen molar-refractivity contribution in [3.63, 3.8) is 0 Å². The van der Waals surface area contributed by atoms with Crippen LogP contribution < -0.4 is 0 Å². The number of alkyl halides is 4. The number of hydrogen-bond donors (Lipinski definition) is 4. The van der Waals surface area contributed by atoms with E-state index >= 15 is 17.6 Å². The third-order valence-corrected chi connectivity index (χ3v) is 17.6. The van der Waals surface area contributed by atoms with Gasteiger partial charge in [0.15, 0.2) is 34.1 Å². The molecule has 300 valence electrons. The lowest BCUT2D eigenvalue weighted by atomic mass is 9.44. The fourth-order valence-corrected chi connectivity index (χ4v) is 15.0. The molecule has 3 N–H and O–H groups in total. The topological polar surface area (TPSA) is 138 Å². The van der Waals surface area contributed by atoms with Gasteiger partial charge in [0.2, 0.25) is 5.12 Å². The Morgan fingerprint density at radius 1 is 0.727 bits per heavy atom. The number of rotatable bonds is 3. The number of fused-ring (bicyclic) bond motifs is 10. The molecule has 0 aromatic rings. The predicted octanol–water partition coefficient (Wildman–Crippen LogP) is 5.59. The number of aliphatic hydroxyl groups excluding tert-OH is 2. The van der Waals surface area contributed by atoms with E-state index < -0.39 is 153 Å². The number of aliphatic hydroxyl groups is 3. The molecule has 6 fully saturated rings. The Labute approximate surface area is 323 Å². The molecule has 0 aliphatic heterocycles. The van der Waals surface area contributed by atoms with Crippen LogP contribution in [0.2, 0.25) is 0 Å². The lowest BCUT2D eigenvalue weighted by Crippen LogP contribution is -2.72. The highest BCUT2D eigenvalue weighted by atomic mass is 32.1. The molecule has 8 aliphatic rings. The van der Waals surface area contributed by atoms with Gasteiger partial charge >= 0.3 is 5.97 Å². The Morgan fingerprint density at radius 2 is 1.15 bits per heavy atom. The Morgan fingerprint density at radius 3 is 1.60 bits per heavy atom. The Hall–Kier alpha value is -2.61. The lowest BCUT2D eigenvalue weighted by molar-refractivity contribution is -0.250. The summed E-state index contributed by atoms with van der Waals surface area (Å²) < 4.78 is 74.2. The van der Waals surface area contributed by atoms with Crippen molar-refractivity contribution in [1.82, 2.24) is 0 Å². The maximum Gasteiger partial charge on any atom is 0.340 e. The molecule has 0 radical (unpaired) electrons. The number of halogens is 4. The van der Waals surface area contributed by atoms with Gasteiger partial charge in [-0.05, 0) is 106 Å². The minimum absolute atomic E-state index is 0.0421. The number of carbonyl (C=O) groups is 4. The molecule has 8 rings (SSSR count). The summed E-state index contributed by atoms with van der Waals surface area (Å²) in [5.41, 5.74) is -16.1. The van der Waals surface area contributed by atoms with Crippen LogP contribution in [0.1, 0.15) is 80.1 Å². The largest absolute Gasteiger partial charge is 0.447 e. The van der Waals surface area contributed by atoms with Crippen LogP contribution in [0.5, 0.6) is 0 Å². The molecular formula is C42H50F4O8S. The summed E-state index contributed by atoms with van der Waals surface area (Å²) in [7, 11) is 0. The molecular weight excluding hydrogens is 741 g/mol. The highest BCUT2D eigenvalue weighted by molar-refractivity contribution is 7.96. The minimum Gasteiger partial charge on any atom is -0.447 e. The summed E-state index contributed by atoms with van der Waals surface area (Å²) in [5, 5.41) is 35.6. The van der Waals surface area contributed by atoms with Crippen LogP contribution in [-0.2, 0) is 23.9 Å². The van der Waals surface area contributed by atoms with E-state index in [0.29, 0.717) is 0 Å². The first-order valence-electron chi connectivity index (χ1n) is 19.5. The molecule has 6 saturated carbocycles. The molecule has 55 heavy (non-hydrogen) atoms. The van der Waals surface area contributed by atoms with Gasteiger partial charge < -0.3 is 20.1 Å². The van der Waals surface area contributed by atoms with E-state index in [1.165, 1.54) is 26.0 Å². The number of esters is 1. The molecule has 0 aromatic carbocycles. The maximum absolute atomic E-state index is 17.9. The smallest absolute Gasteiger partial charge is 0.340 e. The average Bonchev–Trinajstić information content (AvgIpc) is 3.45. The fraction of sp³-hybridized carbons (Fsp3) is 0.714. The van der Waals surface area contributed by atoms with Crippen LogP contribution in [0, 0.1) is 57.2 Å². The van der Waals surface area contributed by atoms with E-state index in [1.807, 2.05) is 0 Å². The van der Waals surface area contributed by atoms with Crippen molar-refractivity contribution in [2.75, 3.05) is 0 Å². The number of thiol groups is 1. The second-order valence-electron chi connectivity index (χ2n) is 19.2. The van der Waals surface area contributed by atoms with Crippen LogP contribution in [0.25, 0.3) is 0 Å². The van der Waals surface area contributed by atoms with Crippen LogP contribution in [-0.4, -0.2) is 85.1 Å². The molecule has 0 bridgehead atoms. The Balaban J connectivity index is 1.17. The lowest BCUT2D eigenvalue weighted by Gasteiger charge is -2.63. The molecule has 0 aromatic heterocycles. The van der Waals surface area contributed by atoms with Crippen molar-refractivity contribution in [2.24, 2.45) is 57.2 Å². The van der Waals surface area contributed by atoms with Gasteiger partial charge in [-0.25, -0.2) is 22.4 Å². The van der Waals surface area contributed by atoms with Crippen molar-refractivity contribution in [1.29, 1.82) is 0 Å². The molecule has 0 heterocycles. The third-order valence-electron chi connectivity index (χ3n) is 17.3. The molecule has 18 atom stereocenters. The normalized spacial score (nSPS) is 56.3. The van der Waals surface area contributed by atoms with E-state index in [9.17, 15) is 34.5 Å². The van der Waals surface area contributed by atoms with E-state index in [0.717, 1.165) is 24.3 Å². The molecule has 8 nitrogen and oxygen atoms in total. The zero-order chi connectivity index (χ0) is 40.4. The monoisotopic (exact) mass is 790 g/mol. The number of hydrogen-bond acceptors (Lipinski definition) is 8. The highest BCUT2D eigenvalue weighted by Gasteiger charge is 2.81. The minimum atomic E-state index is -2.46. The van der Waals surface area contributed by atoms with E-state index in [-0.39, 0.29) is 24.0 Å². The summed E-state index contributed by atoms with van der Waals surface area (Å²) in [6.45, 7) is 9.26. The standard InChI is InChI=1S/C42H50F4O8S/c1-19-11-23-25-15-29(43)27-13-21(47)7-9-35(27,3)39(25,45)31(49)17-37(23,5)41(19,53)33(51)54-42(34(52)55)20(2)12-24-26-16-30(44)28-14-22(48)8-10-36(28,4)40(26,46)32(50)18-38(24,42)6/h7-10,13-14,19-20,23-26,29-32,49-50,53H,11-12,15-18H2,1-6H3,(H,52,55)/t19-,20+,23-,24-,25-,26-,29-,30-,31?,32+,35-,36-,37-,38-,39-,40-,41-,42-/m0/s1. The van der Waals surface area contributed by atoms with Crippen LogP contribution in [0.4, 0.5) is 17.6 Å².